The Morgan fingerprint density at radius 3 is 2.68 bits per heavy atom. The third-order valence-electron chi connectivity index (χ3n) is 3.68. The topological polar surface area (TPSA) is 87.7 Å². The summed E-state index contributed by atoms with van der Waals surface area (Å²) in [6.07, 6.45) is 1.95. The smallest absolute Gasteiger partial charge is 0.238 e. The fourth-order valence-corrected chi connectivity index (χ4v) is 2.23. The molecule has 1 saturated carbocycles. The number of anilines is 1. The van der Waals surface area contributed by atoms with Crippen molar-refractivity contribution < 1.29 is 14.4 Å². The molecule has 4 N–H and O–H groups in total. The molecule has 6 heteroatoms. The van der Waals surface area contributed by atoms with Gasteiger partial charge in [0.25, 0.3) is 0 Å². The first-order valence-corrected chi connectivity index (χ1v) is 6.05. The Morgan fingerprint density at radius 2 is 2.21 bits per heavy atom. The SMILES string of the molecule is Cc1cc(F)ccc1NC(=O)C1(/C(N)=N/O)CCC1. The molecule has 1 aliphatic carbocycles. The largest absolute Gasteiger partial charge is 0.409 e. The molecule has 1 aromatic carbocycles. The number of aryl methyl sites for hydroxylation is 1. The number of carbonyl (C=O) groups excluding carboxylic acids is 1. The number of nitrogens with two attached hydrogens (primary N) is 1. The number of amidine groups is 1. The Kier molecular flexibility index (Phi) is 3.42. The van der Waals surface area contributed by atoms with E-state index in [1.807, 2.05) is 0 Å². The number of nitrogens with zero attached hydrogens (tertiary/aromatic N) is 1. The van der Waals surface area contributed by atoms with Crippen LogP contribution in [0.15, 0.2) is 23.4 Å². The van der Waals surface area contributed by atoms with Gasteiger partial charge in [-0.15, -0.1) is 0 Å². The minimum atomic E-state index is -0.935. The van der Waals surface area contributed by atoms with Gasteiger partial charge < -0.3 is 16.3 Å². The van der Waals surface area contributed by atoms with Gasteiger partial charge in [0.05, 0.1) is 0 Å². The Bertz CT molecular complexity index is 539. The highest BCUT2D eigenvalue weighted by Gasteiger charge is 2.48. The van der Waals surface area contributed by atoms with E-state index in [9.17, 15) is 9.18 Å². The molecule has 5 nitrogen and oxygen atoms in total. The predicted octanol–water partition coefficient (Wildman–Crippen LogP) is 1.99. The van der Waals surface area contributed by atoms with Crippen LogP contribution in [0.2, 0.25) is 0 Å². The van der Waals surface area contributed by atoms with Gasteiger partial charge in [-0.3, -0.25) is 4.79 Å². The molecular formula is C13H16FN3O2. The maximum Gasteiger partial charge on any atom is 0.238 e. The van der Waals surface area contributed by atoms with E-state index in [-0.39, 0.29) is 17.6 Å². The highest BCUT2D eigenvalue weighted by atomic mass is 19.1. The van der Waals surface area contributed by atoms with E-state index in [0.29, 0.717) is 24.1 Å². The van der Waals surface area contributed by atoms with Crippen LogP contribution in [0, 0.1) is 18.2 Å². The summed E-state index contributed by atoms with van der Waals surface area (Å²) in [7, 11) is 0. The highest BCUT2D eigenvalue weighted by Crippen LogP contribution is 2.42. The van der Waals surface area contributed by atoms with Crippen LogP contribution in [0.3, 0.4) is 0 Å². The lowest BCUT2D eigenvalue weighted by atomic mass is 9.67. The monoisotopic (exact) mass is 265 g/mol. The molecule has 0 aliphatic heterocycles. The van der Waals surface area contributed by atoms with E-state index in [2.05, 4.69) is 10.5 Å². The van der Waals surface area contributed by atoms with Crippen LogP contribution in [0.1, 0.15) is 24.8 Å². The van der Waals surface area contributed by atoms with E-state index in [4.69, 9.17) is 10.9 Å². The number of hydrogen-bond donors (Lipinski definition) is 3. The third kappa shape index (κ3) is 2.25. The van der Waals surface area contributed by atoms with Crippen molar-refractivity contribution in [1.82, 2.24) is 0 Å². The Labute approximate surface area is 110 Å². The molecule has 0 spiro atoms. The molecule has 0 aromatic heterocycles. The van der Waals surface area contributed by atoms with Crippen LogP contribution in [-0.4, -0.2) is 17.0 Å². The van der Waals surface area contributed by atoms with Gasteiger partial charge in [-0.25, -0.2) is 4.39 Å². The summed E-state index contributed by atoms with van der Waals surface area (Å²) in [6, 6.07) is 4.12. The zero-order chi connectivity index (χ0) is 14.0. The molecule has 0 unspecified atom stereocenters. The van der Waals surface area contributed by atoms with Gasteiger partial charge >= 0.3 is 0 Å². The summed E-state index contributed by atoms with van der Waals surface area (Å²) in [6.45, 7) is 1.70. The second kappa shape index (κ2) is 4.87. The molecule has 19 heavy (non-hydrogen) atoms. The van der Waals surface area contributed by atoms with Gasteiger partial charge in [-0.1, -0.05) is 11.6 Å². The van der Waals surface area contributed by atoms with Crippen molar-refractivity contribution in [2.24, 2.45) is 16.3 Å². The molecule has 0 saturated heterocycles. The lowest BCUT2D eigenvalue weighted by molar-refractivity contribution is -0.125. The molecule has 0 atom stereocenters. The van der Waals surface area contributed by atoms with Crippen LogP contribution >= 0.6 is 0 Å². The second-order valence-electron chi connectivity index (χ2n) is 4.83. The van der Waals surface area contributed by atoms with Crippen molar-refractivity contribution in [1.29, 1.82) is 0 Å². The molecule has 1 aromatic rings. The van der Waals surface area contributed by atoms with Crippen LogP contribution < -0.4 is 11.1 Å². The van der Waals surface area contributed by atoms with Crippen molar-refractivity contribution in [3.63, 3.8) is 0 Å². The molecule has 1 amide bonds. The summed E-state index contributed by atoms with van der Waals surface area (Å²) >= 11 is 0. The molecule has 0 radical (unpaired) electrons. The molecule has 102 valence electrons. The van der Waals surface area contributed by atoms with Crippen LogP contribution in [0.4, 0.5) is 10.1 Å². The number of rotatable bonds is 3. The zero-order valence-corrected chi connectivity index (χ0v) is 10.6. The van der Waals surface area contributed by atoms with Crippen LogP contribution in [0.25, 0.3) is 0 Å². The van der Waals surface area contributed by atoms with Crippen molar-refractivity contribution in [2.75, 3.05) is 5.32 Å². The van der Waals surface area contributed by atoms with Gasteiger partial charge in [0, 0.05) is 5.69 Å². The fourth-order valence-electron chi connectivity index (χ4n) is 2.23. The minimum Gasteiger partial charge on any atom is -0.409 e. The summed E-state index contributed by atoms with van der Waals surface area (Å²) in [5, 5.41) is 14.4. The van der Waals surface area contributed by atoms with Crippen molar-refractivity contribution in [3.05, 3.63) is 29.6 Å². The van der Waals surface area contributed by atoms with Gasteiger partial charge in [-0.2, -0.15) is 0 Å². The average Bonchev–Trinajstić information content (AvgIpc) is 2.31. The standard InChI is InChI=1S/C13H16FN3O2/c1-8-7-9(14)3-4-10(8)16-12(18)13(5-2-6-13)11(15)17-19/h3-4,7,19H,2,5-6H2,1H3,(H2,15,17)(H,16,18). The molecule has 2 rings (SSSR count). The maximum atomic E-state index is 13.0. The lowest BCUT2D eigenvalue weighted by Gasteiger charge is -2.38. The third-order valence-corrected chi connectivity index (χ3v) is 3.68. The molecule has 0 bridgehead atoms. The van der Waals surface area contributed by atoms with E-state index in [1.165, 1.54) is 18.2 Å². The number of amides is 1. The van der Waals surface area contributed by atoms with Gasteiger partial charge in [-0.05, 0) is 43.5 Å². The summed E-state index contributed by atoms with van der Waals surface area (Å²) in [4.78, 5) is 12.3. The van der Waals surface area contributed by atoms with E-state index in [1.54, 1.807) is 6.92 Å². The first-order valence-electron chi connectivity index (χ1n) is 6.05. The van der Waals surface area contributed by atoms with Gasteiger partial charge in [0.15, 0.2) is 5.84 Å². The molecule has 0 heterocycles. The Hall–Kier alpha value is -2.11. The quantitative estimate of drug-likeness (QED) is 0.338. The van der Waals surface area contributed by atoms with Crippen molar-refractivity contribution >= 4 is 17.4 Å². The molecule has 1 fully saturated rings. The zero-order valence-electron chi connectivity index (χ0n) is 10.6. The fraction of sp³-hybridized carbons (Fsp3) is 0.385. The second-order valence-corrected chi connectivity index (χ2v) is 4.83. The first kappa shape index (κ1) is 13.3. The number of halogens is 1. The number of hydrogen-bond acceptors (Lipinski definition) is 3. The van der Waals surface area contributed by atoms with Crippen LogP contribution in [0.5, 0.6) is 0 Å². The molecule has 1 aliphatic rings. The van der Waals surface area contributed by atoms with Gasteiger partial charge in [0.1, 0.15) is 11.2 Å². The summed E-state index contributed by atoms with van der Waals surface area (Å²) < 4.78 is 13.0. The number of nitrogens with one attached hydrogen (secondary N) is 1. The summed E-state index contributed by atoms with van der Waals surface area (Å²) in [5.41, 5.74) is 5.83. The number of oxime groups is 1. The van der Waals surface area contributed by atoms with E-state index in [0.717, 1.165) is 6.42 Å². The minimum absolute atomic E-state index is 0.0731. The van der Waals surface area contributed by atoms with Crippen LogP contribution in [-0.2, 0) is 4.79 Å². The Morgan fingerprint density at radius 1 is 1.53 bits per heavy atom. The maximum absolute atomic E-state index is 13.0. The lowest BCUT2D eigenvalue weighted by Crippen LogP contribution is -2.51. The normalized spacial score (nSPS) is 17.7. The predicted molar refractivity (Wildman–Crippen MR) is 69.5 cm³/mol. The first-order chi connectivity index (χ1) is 8.99. The van der Waals surface area contributed by atoms with E-state index < -0.39 is 5.41 Å². The van der Waals surface area contributed by atoms with Gasteiger partial charge in [0.2, 0.25) is 5.91 Å². The number of carbonyl (C=O) groups is 1. The van der Waals surface area contributed by atoms with Crippen molar-refractivity contribution in [2.45, 2.75) is 26.2 Å². The summed E-state index contributed by atoms with van der Waals surface area (Å²) in [5.74, 6) is -0.745. The van der Waals surface area contributed by atoms with Crippen molar-refractivity contribution in [3.8, 4) is 0 Å². The van der Waals surface area contributed by atoms with E-state index >= 15 is 0 Å². The average molecular weight is 265 g/mol. The Balaban J connectivity index is 2.21. The number of benzene rings is 1. The molecular weight excluding hydrogens is 249 g/mol. The highest BCUT2D eigenvalue weighted by molar-refractivity contribution is 6.12.